The smallest absolute Gasteiger partial charge is 0.331 e. The van der Waals surface area contributed by atoms with E-state index in [1.807, 2.05) is 0 Å². The van der Waals surface area contributed by atoms with E-state index in [2.05, 4.69) is 10.3 Å². The number of esters is 1. The van der Waals surface area contributed by atoms with E-state index in [-0.39, 0.29) is 10.8 Å². The quantitative estimate of drug-likeness (QED) is 0.617. The van der Waals surface area contributed by atoms with Gasteiger partial charge in [0, 0.05) is 17.3 Å². The second kappa shape index (κ2) is 8.68. The van der Waals surface area contributed by atoms with Gasteiger partial charge in [0.05, 0.1) is 10.0 Å². The molecule has 24 heavy (non-hydrogen) atoms. The first-order chi connectivity index (χ1) is 11.4. The van der Waals surface area contributed by atoms with Crippen molar-refractivity contribution in [1.82, 2.24) is 4.98 Å². The summed E-state index contributed by atoms with van der Waals surface area (Å²) in [6, 6.07) is 8.37. The third kappa shape index (κ3) is 5.85. The van der Waals surface area contributed by atoms with Crippen LogP contribution in [-0.4, -0.2) is 23.5 Å². The molecular formula is C16H11Cl3N2O3. The molecule has 0 atom stereocenters. The summed E-state index contributed by atoms with van der Waals surface area (Å²) in [6.07, 6.45) is 4.07. The van der Waals surface area contributed by atoms with Crippen LogP contribution in [0.2, 0.25) is 15.1 Å². The van der Waals surface area contributed by atoms with E-state index in [1.54, 1.807) is 24.3 Å². The zero-order valence-corrected chi connectivity index (χ0v) is 14.4. The van der Waals surface area contributed by atoms with Crippen LogP contribution in [0.5, 0.6) is 0 Å². The molecule has 1 heterocycles. The van der Waals surface area contributed by atoms with Crippen molar-refractivity contribution in [3.05, 3.63) is 63.2 Å². The van der Waals surface area contributed by atoms with Gasteiger partial charge < -0.3 is 10.1 Å². The minimum absolute atomic E-state index is 0.136. The van der Waals surface area contributed by atoms with Crippen LogP contribution in [0.25, 0.3) is 6.08 Å². The highest BCUT2D eigenvalue weighted by Gasteiger charge is 2.09. The molecule has 0 unspecified atom stereocenters. The van der Waals surface area contributed by atoms with E-state index in [0.717, 1.165) is 5.56 Å². The minimum Gasteiger partial charge on any atom is -0.452 e. The molecule has 1 N–H and O–H groups in total. The molecule has 0 saturated carbocycles. The molecule has 0 spiro atoms. The highest BCUT2D eigenvalue weighted by atomic mass is 35.5. The molecule has 0 aliphatic carbocycles. The van der Waals surface area contributed by atoms with Crippen molar-refractivity contribution >= 4 is 58.6 Å². The van der Waals surface area contributed by atoms with Crippen LogP contribution >= 0.6 is 34.8 Å². The fourth-order valence-corrected chi connectivity index (χ4v) is 2.26. The predicted octanol–water partition coefficient (Wildman–Crippen LogP) is 4.24. The topological polar surface area (TPSA) is 68.3 Å². The summed E-state index contributed by atoms with van der Waals surface area (Å²) in [5, 5.41) is 3.49. The number of rotatable bonds is 5. The molecule has 0 bridgehead atoms. The third-order valence-electron chi connectivity index (χ3n) is 2.67. The molecule has 0 aliphatic heterocycles. The number of carbonyl (C=O) groups is 2. The molecule has 2 rings (SSSR count). The van der Waals surface area contributed by atoms with E-state index < -0.39 is 18.5 Å². The minimum atomic E-state index is -0.666. The first kappa shape index (κ1) is 18.3. The molecule has 0 saturated heterocycles. The maximum Gasteiger partial charge on any atom is 0.331 e. The summed E-state index contributed by atoms with van der Waals surface area (Å²) >= 11 is 17.4. The number of hydrogen-bond acceptors (Lipinski definition) is 4. The molecule has 0 radical (unpaired) electrons. The number of hydrogen-bond donors (Lipinski definition) is 1. The first-order valence-corrected chi connectivity index (χ1v) is 7.79. The van der Waals surface area contributed by atoms with E-state index >= 15 is 0 Å². The number of anilines is 1. The van der Waals surface area contributed by atoms with Crippen molar-refractivity contribution in [3.63, 3.8) is 0 Å². The SMILES string of the molecule is O=C(COC(=O)/C=C/c1cccc(Cl)c1)Nc1ncc(Cl)cc1Cl. The number of halogens is 3. The Kier molecular flexibility index (Phi) is 6.61. The van der Waals surface area contributed by atoms with Gasteiger partial charge in [0.2, 0.25) is 0 Å². The summed E-state index contributed by atoms with van der Waals surface area (Å²) in [5.41, 5.74) is 0.737. The van der Waals surface area contributed by atoms with Gasteiger partial charge in [0.25, 0.3) is 5.91 Å². The Bertz CT molecular complexity index is 794. The lowest BCUT2D eigenvalue weighted by atomic mass is 10.2. The molecule has 0 aliphatic rings. The normalized spacial score (nSPS) is 10.6. The lowest BCUT2D eigenvalue weighted by Gasteiger charge is -2.06. The Morgan fingerprint density at radius 1 is 1.17 bits per heavy atom. The highest BCUT2D eigenvalue weighted by Crippen LogP contribution is 2.22. The standard InChI is InChI=1S/C16H11Cl3N2O3/c17-11-3-1-2-10(6-11)4-5-15(23)24-9-14(22)21-16-13(19)7-12(18)8-20-16/h1-8H,9H2,(H,20,21,22)/b5-4+. The fraction of sp³-hybridized carbons (Fsp3) is 0.0625. The number of nitrogens with one attached hydrogen (secondary N) is 1. The molecule has 5 nitrogen and oxygen atoms in total. The van der Waals surface area contributed by atoms with E-state index in [0.29, 0.717) is 10.0 Å². The zero-order chi connectivity index (χ0) is 17.5. The molecule has 8 heteroatoms. The van der Waals surface area contributed by atoms with Gasteiger partial charge in [-0.05, 0) is 29.8 Å². The van der Waals surface area contributed by atoms with Crippen molar-refractivity contribution in [2.24, 2.45) is 0 Å². The summed E-state index contributed by atoms with van der Waals surface area (Å²) in [7, 11) is 0. The van der Waals surface area contributed by atoms with Crippen molar-refractivity contribution in [2.75, 3.05) is 11.9 Å². The maximum atomic E-state index is 11.7. The molecule has 124 valence electrons. The first-order valence-electron chi connectivity index (χ1n) is 6.65. The van der Waals surface area contributed by atoms with Crippen LogP contribution in [0.15, 0.2) is 42.6 Å². The Morgan fingerprint density at radius 2 is 1.96 bits per heavy atom. The largest absolute Gasteiger partial charge is 0.452 e. The third-order valence-corrected chi connectivity index (χ3v) is 3.40. The second-order valence-electron chi connectivity index (χ2n) is 4.53. The summed E-state index contributed by atoms with van der Waals surface area (Å²) < 4.78 is 4.82. The highest BCUT2D eigenvalue weighted by molar-refractivity contribution is 6.36. The van der Waals surface area contributed by atoms with Crippen LogP contribution in [0.1, 0.15) is 5.56 Å². The van der Waals surface area contributed by atoms with Gasteiger partial charge in [-0.1, -0.05) is 46.9 Å². The van der Waals surface area contributed by atoms with Gasteiger partial charge in [-0.15, -0.1) is 0 Å². The summed E-state index contributed by atoms with van der Waals surface area (Å²) in [6.45, 7) is -0.473. The van der Waals surface area contributed by atoms with Crippen molar-refractivity contribution in [1.29, 1.82) is 0 Å². The van der Waals surface area contributed by atoms with Gasteiger partial charge in [0.1, 0.15) is 0 Å². The van der Waals surface area contributed by atoms with Crippen LogP contribution in [0.3, 0.4) is 0 Å². The second-order valence-corrected chi connectivity index (χ2v) is 5.81. The molecule has 1 amide bonds. The summed E-state index contributed by atoms with van der Waals surface area (Å²) in [5.74, 6) is -1.10. The monoisotopic (exact) mass is 384 g/mol. The van der Waals surface area contributed by atoms with Gasteiger partial charge in [-0.3, -0.25) is 4.79 Å². The van der Waals surface area contributed by atoms with Gasteiger partial charge in [-0.2, -0.15) is 0 Å². The number of aromatic nitrogens is 1. The Morgan fingerprint density at radius 3 is 2.67 bits per heavy atom. The molecule has 1 aromatic heterocycles. The number of ether oxygens (including phenoxy) is 1. The lowest BCUT2D eigenvalue weighted by molar-refractivity contribution is -0.142. The fourth-order valence-electron chi connectivity index (χ4n) is 1.63. The molecular weight excluding hydrogens is 375 g/mol. The van der Waals surface area contributed by atoms with E-state index in [9.17, 15) is 9.59 Å². The van der Waals surface area contributed by atoms with E-state index in [4.69, 9.17) is 39.5 Å². The van der Waals surface area contributed by atoms with Gasteiger partial charge in [-0.25, -0.2) is 9.78 Å². The molecule has 0 fully saturated rings. The average Bonchev–Trinajstić information content (AvgIpc) is 2.54. The Hall–Kier alpha value is -2.08. The maximum absolute atomic E-state index is 11.7. The molecule has 2 aromatic rings. The van der Waals surface area contributed by atoms with Gasteiger partial charge >= 0.3 is 5.97 Å². The van der Waals surface area contributed by atoms with Crippen LogP contribution in [0.4, 0.5) is 5.82 Å². The van der Waals surface area contributed by atoms with Crippen molar-refractivity contribution in [2.45, 2.75) is 0 Å². The lowest BCUT2D eigenvalue weighted by Crippen LogP contribution is -2.20. The van der Waals surface area contributed by atoms with Crippen molar-refractivity contribution < 1.29 is 14.3 Å². The van der Waals surface area contributed by atoms with Crippen molar-refractivity contribution in [3.8, 4) is 0 Å². The van der Waals surface area contributed by atoms with Crippen LogP contribution in [0, 0.1) is 0 Å². The van der Waals surface area contributed by atoms with E-state index in [1.165, 1.54) is 24.4 Å². The Balaban J connectivity index is 1.83. The molecule has 1 aromatic carbocycles. The number of pyridine rings is 1. The number of benzene rings is 1. The van der Waals surface area contributed by atoms with Crippen LogP contribution < -0.4 is 5.32 Å². The average molecular weight is 386 g/mol. The van der Waals surface area contributed by atoms with Crippen LogP contribution in [-0.2, 0) is 14.3 Å². The number of nitrogens with zero attached hydrogens (tertiary/aromatic N) is 1. The predicted molar refractivity (Wildman–Crippen MR) is 94.3 cm³/mol. The Labute approximate surface area is 153 Å². The summed E-state index contributed by atoms with van der Waals surface area (Å²) in [4.78, 5) is 27.2. The number of amides is 1. The van der Waals surface area contributed by atoms with Gasteiger partial charge in [0.15, 0.2) is 12.4 Å². The number of carbonyl (C=O) groups excluding carboxylic acids is 2. The zero-order valence-electron chi connectivity index (χ0n) is 12.1.